The molecular weight excluding hydrogens is 505 g/mol. The van der Waals surface area contributed by atoms with Crippen molar-refractivity contribution in [2.75, 3.05) is 26.0 Å². The van der Waals surface area contributed by atoms with Crippen LogP contribution in [0.3, 0.4) is 0 Å². The number of piperidine rings is 3. The van der Waals surface area contributed by atoms with Crippen LogP contribution in [0.1, 0.15) is 76.6 Å². The highest BCUT2D eigenvalue weighted by Gasteiger charge is 2.40. The van der Waals surface area contributed by atoms with E-state index in [1.165, 1.54) is 76.0 Å². The van der Waals surface area contributed by atoms with Gasteiger partial charge in [0, 0.05) is 12.0 Å². The predicted molar refractivity (Wildman–Crippen MR) is 153 cm³/mol. The first-order valence-electron chi connectivity index (χ1n) is 13.3. The number of carboxylic acids is 1. The fourth-order valence-electron chi connectivity index (χ4n) is 4.51. The predicted octanol–water partition coefficient (Wildman–Crippen LogP) is 7.63. The number of hydrogen-bond donors (Lipinski definition) is 1. The molecule has 5 rings (SSSR count). The topological polar surface area (TPSA) is 76.2 Å². The van der Waals surface area contributed by atoms with Crippen molar-refractivity contribution >= 4 is 23.1 Å². The van der Waals surface area contributed by atoms with E-state index in [1.54, 1.807) is 13.0 Å². The SMILES string of the molecule is C=C/C=C(\C=C/C)c1nc(C[N+]23CCC(CC2)CC3)no1.CC(C(=O)O)c1ccc(F)cc1.CCC.CCl. The summed E-state index contributed by atoms with van der Waals surface area (Å²) in [6, 6.07) is 5.48. The summed E-state index contributed by atoms with van der Waals surface area (Å²) in [5.74, 6) is 0.573. The average Bonchev–Trinajstić information content (AvgIpc) is 3.39. The number of rotatable bonds is 7. The summed E-state index contributed by atoms with van der Waals surface area (Å²) in [4.78, 5) is 15.1. The third kappa shape index (κ3) is 10.5. The van der Waals surface area contributed by atoms with Crippen molar-refractivity contribution in [2.24, 2.45) is 5.92 Å². The van der Waals surface area contributed by atoms with Gasteiger partial charge in [-0.05, 0) is 56.7 Å². The Morgan fingerprint density at radius 2 is 1.76 bits per heavy atom. The van der Waals surface area contributed by atoms with Crippen molar-refractivity contribution in [3.8, 4) is 0 Å². The van der Waals surface area contributed by atoms with E-state index in [1.807, 2.05) is 25.2 Å². The van der Waals surface area contributed by atoms with Crippen LogP contribution >= 0.6 is 11.6 Å². The number of fused-ring (bicyclic) bond motifs is 3. The van der Waals surface area contributed by atoms with Crippen LogP contribution in [0.15, 0.2) is 59.7 Å². The molecule has 1 N–H and O–H groups in total. The van der Waals surface area contributed by atoms with Gasteiger partial charge in [0.05, 0.1) is 25.6 Å². The molecule has 210 valence electrons. The molecule has 3 fully saturated rings. The fourth-order valence-corrected chi connectivity index (χ4v) is 4.51. The molecule has 1 unspecified atom stereocenters. The van der Waals surface area contributed by atoms with Gasteiger partial charge in [-0.15, -0.1) is 11.6 Å². The summed E-state index contributed by atoms with van der Waals surface area (Å²) < 4.78 is 19.0. The van der Waals surface area contributed by atoms with Crippen molar-refractivity contribution in [2.45, 2.75) is 65.8 Å². The molecular formula is C30H44ClFN3O3+. The second-order valence-electron chi connectivity index (χ2n) is 9.59. The van der Waals surface area contributed by atoms with E-state index >= 15 is 0 Å². The number of aromatic nitrogens is 2. The van der Waals surface area contributed by atoms with Crippen molar-refractivity contribution in [1.29, 1.82) is 0 Å². The molecule has 3 aliphatic heterocycles. The third-order valence-electron chi connectivity index (χ3n) is 6.61. The maximum absolute atomic E-state index is 12.4. The number of hydrogen-bond acceptors (Lipinski definition) is 4. The van der Waals surface area contributed by atoms with Crippen LogP contribution in [-0.4, -0.2) is 51.7 Å². The van der Waals surface area contributed by atoms with Crippen molar-refractivity contribution in [3.63, 3.8) is 0 Å². The van der Waals surface area contributed by atoms with E-state index in [0.29, 0.717) is 11.5 Å². The summed E-state index contributed by atoms with van der Waals surface area (Å²) >= 11 is 4.64. The molecule has 6 nitrogen and oxygen atoms in total. The van der Waals surface area contributed by atoms with Gasteiger partial charge in [-0.3, -0.25) is 4.79 Å². The molecule has 0 saturated carbocycles. The number of nitrogens with zero attached hydrogens (tertiary/aromatic N) is 3. The number of carbonyl (C=O) groups is 1. The highest BCUT2D eigenvalue weighted by atomic mass is 35.5. The van der Waals surface area contributed by atoms with E-state index in [2.05, 4.69) is 42.2 Å². The molecule has 38 heavy (non-hydrogen) atoms. The zero-order valence-corrected chi connectivity index (χ0v) is 24.3. The summed E-state index contributed by atoms with van der Waals surface area (Å²) in [6.45, 7) is 16.3. The normalized spacial score (nSPS) is 20.7. The van der Waals surface area contributed by atoms with Gasteiger partial charge in [-0.2, -0.15) is 4.98 Å². The Balaban J connectivity index is 0.000000361. The number of allylic oxidation sites excluding steroid dienone is 5. The number of benzene rings is 1. The zero-order valence-electron chi connectivity index (χ0n) is 23.5. The molecule has 2 aromatic rings. The maximum atomic E-state index is 12.4. The quantitative estimate of drug-likeness (QED) is 0.219. The molecule has 0 amide bonds. The second-order valence-corrected chi connectivity index (χ2v) is 9.59. The number of carboxylic acid groups (broad SMARTS) is 1. The first kappa shape index (κ1) is 33.3. The Morgan fingerprint density at radius 3 is 2.24 bits per heavy atom. The molecule has 0 spiro atoms. The van der Waals surface area contributed by atoms with Gasteiger partial charge in [-0.25, -0.2) is 4.39 Å². The lowest BCUT2D eigenvalue weighted by Crippen LogP contribution is -2.57. The Labute approximate surface area is 232 Å². The van der Waals surface area contributed by atoms with Crippen molar-refractivity contribution < 1.29 is 23.3 Å². The second kappa shape index (κ2) is 17.7. The number of quaternary nitrogens is 1. The van der Waals surface area contributed by atoms with Gasteiger partial charge >= 0.3 is 5.97 Å². The third-order valence-corrected chi connectivity index (χ3v) is 6.61. The first-order valence-corrected chi connectivity index (χ1v) is 14.0. The highest BCUT2D eigenvalue weighted by molar-refractivity contribution is 6.15. The van der Waals surface area contributed by atoms with Gasteiger partial charge in [0.25, 0.3) is 5.89 Å². The van der Waals surface area contributed by atoms with Crippen LogP contribution in [0.25, 0.3) is 5.57 Å². The van der Waals surface area contributed by atoms with E-state index in [0.717, 1.165) is 28.3 Å². The average molecular weight is 549 g/mol. The summed E-state index contributed by atoms with van der Waals surface area (Å²) in [6.07, 6.45) is 14.4. The van der Waals surface area contributed by atoms with Crippen molar-refractivity contribution in [3.05, 3.63) is 78.2 Å². The Kier molecular flexibility index (Phi) is 15.5. The van der Waals surface area contributed by atoms with E-state index < -0.39 is 11.9 Å². The van der Waals surface area contributed by atoms with Crippen LogP contribution in [0.4, 0.5) is 4.39 Å². The minimum Gasteiger partial charge on any atom is -0.481 e. The molecule has 8 heteroatoms. The summed E-state index contributed by atoms with van der Waals surface area (Å²) in [5.41, 5.74) is 1.53. The number of halogens is 2. The van der Waals surface area contributed by atoms with Crippen molar-refractivity contribution in [1.82, 2.24) is 10.1 Å². The molecule has 1 aromatic carbocycles. The molecule has 1 atom stereocenters. The zero-order chi connectivity index (χ0) is 28.6. The van der Waals surface area contributed by atoms with Gasteiger partial charge in [0.1, 0.15) is 12.4 Å². The maximum Gasteiger partial charge on any atom is 0.310 e. The molecule has 0 radical (unpaired) electrons. The largest absolute Gasteiger partial charge is 0.481 e. The van der Waals surface area contributed by atoms with Gasteiger partial charge in [0.15, 0.2) is 0 Å². The van der Waals surface area contributed by atoms with Gasteiger partial charge in [0.2, 0.25) is 5.82 Å². The molecule has 3 saturated heterocycles. The molecule has 0 aliphatic carbocycles. The van der Waals surface area contributed by atoms with Crippen LogP contribution in [0.2, 0.25) is 0 Å². The molecule has 2 bridgehead atoms. The van der Waals surface area contributed by atoms with Crippen LogP contribution < -0.4 is 0 Å². The Morgan fingerprint density at radius 1 is 1.21 bits per heavy atom. The molecule has 1 aromatic heterocycles. The number of aliphatic carboxylic acids is 1. The van der Waals surface area contributed by atoms with E-state index in [-0.39, 0.29) is 5.82 Å². The lowest BCUT2D eigenvalue weighted by molar-refractivity contribution is -0.955. The first-order chi connectivity index (χ1) is 18.3. The van der Waals surface area contributed by atoms with E-state index in [9.17, 15) is 9.18 Å². The van der Waals surface area contributed by atoms with Crippen LogP contribution in [0.5, 0.6) is 0 Å². The Hall–Kier alpha value is -2.77. The minimum atomic E-state index is -0.901. The monoisotopic (exact) mass is 548 g/mol. The lowest BCUT2D eigenvalue weighted by Gasteiger charge is -2.48. The van der Waals surface area contributed by atoms with Gasteiger partial charge in [-0.1, -0.05) is 68.4 Å². The fraction of sp³-hybridized carbons (Fsp3) is 0.500. The lowest BCUT2D eigenvalue weighted by atomic mass is 9.86. The van der Waals surface area contributed by atoms with Crippen LogP contribution in [-0.2, 0) is 11.3 Å². The van der Waals surface area contributed by atoms with Gasteiger partial charge < -0.3 is 14.1 Å². The van der Waals surface area contributed by atoms with E-state index in [4.69, 9.17) is 9.63 Å². The number of alkyl halides is 1. The standard InChI is InChI=1S/C17H24N3O.C9H9FO2.C3H8.CH3Cl/c1-3-5-15(6-4-2)17-18-16(19-21-17)13-20-10-7-14(8-11-20)9-12-20;1-6(9(11)12)7-2-4-8(10)5-3-7;1-3-2;1-2/h3-6,14H,1,7-13H2,2H3;2-6H,1H3,(H,11,12);3H2,1-2H3;1H3/q+1;;;/b6-4-,15-5+;;;. The highest BCUT2D eigenvalue weighted by Crippen LogP contribution is 2.34. The van der Waals surface area contributed by atoms with Crippen LogP contribution in [0, 0.1) is 11.7 Å². The molecule has 4 heterocycles. The Bertz CT molecular complexity index is 1010. The minimum absolute atomic E-state index is 0.351. The smallest absolute Gasteiger partial charge is 0.310 e. The molecule has 3 aliphatic rings. The summed E-state index contributed by atoms with van der Waals surface area (Å²) in [7, 11) is 0. The summed E-state index contributed by atoms with van der Waals surface area (Å²) in [5, 5.41) is 12.8.